The van der Waals surface area contributed by atoms with Gasteiger partial charge in [0, 0.05) is 19.9 Å². The molecule has 0 aliphatic carbocycles. The van der Waals surface area contributed by atoms with Crippen LogP contribution in [0.4, 0.5) is 0 Å². The molecule has 1 unspecified atom stereocenters. The van der Waals surface area contributed by atoms with E-state index in [2.05, 4.69) is 10.0 Å². The van der Waals surface area contributed by atoms with Crippen LogP contribution in [0.1, 0.15) is 12.8 Å². The van der Waals surface area contributed by atoms with Crippen molar-refractivity contribution in [3.05, 3.63) is 0 Å². The van der Waals surface area contributed by atoms with E-state index in [-0.39, 0.29) is 17.8 Å². The smallest absolute Gasteiger partial charge is 0.212 e. The molecule has 0 radical (unpaired) electrons. The van der Waals surface area contributed by atoms with Crippen molar-refractivity contribution in [3.8, 4) is 0 Å². The molecule has 114 valence electrons. The van der Waals surface area contributed by atoms with E-state index >= 15 is 0 Å². The van der Waals surface area contributed by atoms with Gasteiger partial charge in [-0.3, -0.25) is 0 Å². The molecule has 0 spiro atoms. The molecule has 0 aromatic heterocycles. The number of sulfonamides is 1. The first-order chi connectivity index (χ1) is 8.68. The molecule has 1 saturated heterocycles. The highest BCUT2D eigenvalue weighted by Gasteiger charge is 2.34. The largest absolute Gasteiger partial charge is 0.383 e. The Morgan fingerprint density at radius 3 is 2.42 bits per heavy atom. The minimum absolute atomic E-state index is 0.215. The van der Waals surface area contributed by atoms with Gasteiger partial charge in [0.25, 0.3) is 0 Å². The number of ether oxygens (including phenoxy) is 1. The molecule has 9 heteroatoms. The fourth-order valence-corrected chi connectivity index (χ4v) is 4.78. The molecule has 1 fully saturated rings. The predicted molar refractivity (Wildman–Crippen MR) is 73.3 cm³/mol. The average molecular weight is 314 g/mol. The second kappa shape index (κ2) is 6.49. The van der Waals surface area contributed by atoms with Crippen LogP contribution in [0.3, 0.4) is 0 Å². The second-order valence-electron chi connectivity index (χ2n) is 5.01. The van der Waals surface area contributed by atoms with E-state index in [1.165, 1.54) is 0 Å². The number of rotatable bonds is 8. The third-order valence-corrected chi connectivity index (χ3v) is 5.64. The average Bonchev–Trinajstić information content (AvgIpc) is 2.73. The van der Waals surface area contributed by atoms with Crippen LogP contribution in [0.2, 0.25) is 0 Å². The molecule has 7 nitrogen and oxygen atoms in total. The van der Waals surface area contributed by atoms with Gasteiger partial charge in [0.2, 0.25) is 10.0 Å². The van der Waals surface area contributed by atoms with E-state index in [0.717, 1.165) is 25.6 Å². The van der Waals surface area contributed by atoms with Gasteiger partial charge in [-0.2, -0.15) is 0 Å². The van der Waals surface area contributed by atoms with Gasteiger partial charge in [0.15, 0.2) is 0 Å². The fourth-order valence-electron chi connectivity index (χ4n) is 2.05. The molecule has 0 amide bonds. The first-order valence-electron chi connectivity index (χ1n) is 6.07. The molecule has 19 heavy (non-hydrogen) atoms. The maximum Gasteiger partial charge on any atom is 0.212 e. The molecular formula is C10H22N2O5S2. The third kappa shape index (κ3) is 6.17. The van der Waals surface area contributed by atoms with Crippen LogP contribution >= 0.6 is 0 Å². The van der Waals surface area contributed by atoms with Crippen LogP contribution in [-0.4, -0.2) is 66.9 Å². The number of hydrogen-bond acceptors (Lipinski definition) is 6. The Labute approximate surface area is 115 Å². The Kier molecular flexibility index (Phi) is 5.75. The molecule has 0 bridgehead atoms. The minimum Gasteiger partial charge on any atom is -0.383 e. The van der Waals surface area contributed by atoms with Gasteiger partial charge in [0.1, 0.15) is 9.84 Å². The van der Waals surface area contributed by atoms with Crippen molar-refractivity contribution in [1.29, 1.82) is 0 Å². The lowest BCUT2D eigenvalue weighted by atomic mass is 9.99. The SMILES string of the molecule is COCC1(CNS(=O)(=O)CCS(C)(=O)=O)CCCN1. The van der Waals surface area contributed by atoms with Crippen molar-refractivity contribution in [2.45, 2.75) is 18.4 Å². The molecule has 1 atom stereocenters. The van der Waals surface area contributed by atoms with E-state index in [4.69, 9.17) is 4.74 Å². The normalized spacial score (nSPS) is 24.7. The highest BCUT2D eigenvalue weighted by molar-refractivity contribution is 7.93. The van der Waals surface area contributed by atoms with Crippen LogP contribution in [0, 0.1) is 0 Å². The van der Waals surface area contributed by atoms with E-state index in [0.29, 0.717) is 6.61 Å². The fraction of sp³-hybridized carbons (Fsp3) is 1.00. The molecule has 2 N–H and O–H groups in total. The zero-order chi connectivity index (χ0) is 14.6. The van der Waals surface area contributed by atoms with Crippen molar-refractivity contribution >= 4 is 19.9 Å². The van der Waals surface area contributed by atoms with Gasteiger partial charge in [-0.1, -0.05) is 0 Å². The summed E-state index contributed by atoms with van der Waals surface area (Å²) in [5, 5.41) is 3.25. The van der Waals surface area contributed by atoms with E-state index in [1.807, 2.05) is 0 Å². The van der Waals surface area contributed by atoms with Gasteiger partial charge in [0.05, 0.1) is 23.7 Å². The summed E-state index contributed by atoms with van der Waals surface area (Å²) in [6.07, 6.45) is 2.82. The van der Waals surface area contributed by atoms with Crippen LogP contribution in [0.15, 0.2) is 0 Å². The monoisotopic (exact) mass is 314 g/mol. The summed E-state index contributed by atoms with van der Waals surface area (Å²) in [7, 11) is -5.29. The van der Waals surface area contributed by atoms with Gasteiger partial charge in [-0.25, -0.2) is 21.6 Å². The second-order valence-corrected chi connectivity index (χ2v) is 9.20. The molecule has 1 aliphatic heterocycles. The lowest BCUT2D eigenvalue weighted by Gasteiger charge is -2.28. The number of methoxy groups -OCH3 is 1. The molecular weight excluding hydrogens is 292 g/mol. The Balaban J connectivity index is 2.54. The summed E-state index contributed by atoms with van der Waals surface area (Å²) < 4.78 is 53.0. The van der Waals surface area contributed by atoms with Crippen molar-refractivity contribution in [2.24, 2.45) is 0 Å². The van der Waals surface area contributed by atoms with Gasteiger partial charge < -0.3 is 10.1 Å². The van der Waals surface area contributed by atoms with Crippen LogP contribution in [0.5, 0.6) is 0 Å². The van der Waals surface area contributed by atoms with Gasteiger partial charge in [-0.15, -0.1) is 0 Å². The quantitative estimate of drug-likeness (QED) is 0.578. The first kappa shape index (κ1) is 16.8. The summed E-state index contributed by atoms with van der Waals surface area (Å²) in [6, 6.07) is 0. The summed E-state index contributed by atoms with van der Waals surface area (Å²) in [6.45, 7) is 1.46. The zero-order valence-corrected chi connectivity index (χ0v) is 12.9. The van der Waals surface area contributed by atoms with Gasteiger partial charge in [-0.05, 0) is 19.4 Å². The highest BCUT2D eigenvalue weighted by Crippen LogP contribution is 2.19. The van der Waals surface area contributed by atoms with Crippen molar-refractivity contribution in [3.63, 3.8) is 0 Å². The maximum atomic E-state index is 11.7. The molecule has 1 heterocycles. The van der Waals surface area contributed by atoms with Crippen LogP contribution < -0.4 is 10.0 Å². The molecule has 0 aromatic rings. The molecule has 1 aliphatic rings. The number of hydrogen-bond donors (Lipinski definition) is 2. The third-order valence-electron chi connectivity index (χ3n) is 3.11. The molecule has 0 aromatic carbocycles. The highest BCUT2D eigenvalue weighted by atomic mass is 32.2. The lowest BCUT2D eigenvalue weighted by Crippen LogP contribution is -2.53. The Hall–Kier alpha value is -0.220. The van der Waals surface area contributed by atoms with E-state index < -0.39 is 25.6 Å². The predicted octanol–water partition coefficient (Wildman–Crippen LogP) is -1.28. The lowest BCUT2D eigenvalue weighted by molar-refractivity contribution is 0.122. The summed E-state index contributed by atoms with van der Waals surface area (Å²) in [5.41, 5.74) is -0.382. The molecule has 1 rings (SSSR count). The zero-order valence-electron chi connectivity index (χ0n) is 11.3. The van der Waals surface area contributed by atoms with Crippen molar-refractivity contribution in [1.82, 2.24) is 10.0 Å². The first-order valence-corrected chi connectivity index (χ1v) is 9.78. The number of sulfone groups is 1. The Morgan fingerprint density at radius 2 is 1.95 bits per heavy atom. The maximum absolute atomic E-state index is 11.7. The van der Waals surface area contributed by atoms with Crippen LogP contribution in [-0.2, 0) is 24.6 Å². The standard InChI is InChI=1S/C10H22N2O5S2/c1-17-9-10(4-3-5-11-10)8-12-19(15,16)7-6-18(2,13)14/h11-12H,3-9H2,1-2H3. The van der Waals surface area contributed by atoms with E-state index in [9.17, 15) is 16.8 Å². The molecule has 0 saturated carbocycles. The summed E-state index contributed by atoms with van der Waals surface area (Å²) >= 11 is 0. The minimum atomic E-state index is -3.58. The van der Waals surface area contributed by atoms with Crippen LogP contribution in [0.25, 0.3) is 0 Å². The topological polar surface area (TPSA) is 102 Å². The Bertz CT molecular complexity index is 480. The Morgan fingerprint density at radius 1 is 1.26 bits per heavy atom. The van der Waals surface area contributed by atoms with Crippen molar-refractivity contribution < 1.29 is 21.6 Å². The van der Waals surface area contributed by atoms with Gasteiger partial charge >= 0.3 is 0 Å². The summed E-state index contributed by atoms with van der Waals surface area (Å²) in [5.74, 6) is -0.776. The van der Waals surface area contributed by atoms with E-state index in [1.54, 1.807) is 7.11 Å². The summed E-state index contributed by atoms with van der Waals surface area (Å²) in [4.78, 5) is 0. The van der Waals surface area contributed by atoms with Crippen molar-refractivity contribution in [2.75, 3.05) is 44.6 Å². The number of nitrogens with one attached hydrogen (secondary N) is 2.